The molecule has 2 amide bonds. The Morgan fingerprint density at radius 3 is 2.03 bits per heavy atom. The van der Waals surface area contributed by atoms with Gasteiger partial charge in [-0.2, -0.15) is 10.5 Å². The minimum atomic E-state index is -1.03. The molecule has 304 valence electrons. The van der Waals surface area contributed by atoms with Gasteiger partial charge in [0.2, 0.25) is 17.7 Å². The number of aromatic nitrogens is 2. The van der Waals surface area contributed by atoms with Crippen molar-refractivity contribution in [2.24, 2.45) is 11.5 Å². The number of anilines is 1. The van der Waals surface area contributed by atoms with E-state index in [1.165, 1.54) is 45.7 Å². The second-order valence-electron chi connectivity index (χ2n) is 13.4. The first-order valence-electron chi connectivity index (χ1n) is 18.2. The van der Waals surface area contributed by atoms with Gasteiger partial charge in [-0.3, -0.25) is 9.59 Å². The van der Waals surface area contributed by atoms with E-state index < -0.39 is 54.0 Å². The van der Waals surface area contributed by atoms with Crippen molar-refractivity contribution >= 4 is 52.9 Å². The number of nitrogens with zero attached hydrogens (tertiary/aromatic N) is 4. The first kappa shape index (κ1) is 44.7. The maximum atomic E-state index is 12.9. The summed E-state index contributed by atoms with van der Waals surface area (Å²) in [6.07, 6.45) is 1.87. The topological polar surface area (TPSA) is 275 Å². The van der Waals surface area contributed by atoms with Crippen molar-refractivity contribution in [3.8, 4) is 34.7 Å². The molecule has 0 saturated carbocycles. The zero-order valence-electron chi connectivity index (χ0n) is 32.3. The Morgan fingerprint density at radius 1 is 0.862 bits per heavy atom. The van der Waals surface area contributed by atoms with Crippen molar-refractivity contribution in [3.05, 3.63) is 82.2 Å². The summed E-state index contributed by atoms with van der Waals surface area (Å²) in [6.45, 7) is 5.52. The lowest BCUT2D eigenvalue weighted by atomic mass is 9.95. The monoisotopic (exact) mass is 829 g/mol. The van der Waals surface area contributed by atoms with E-state index in [9.17, 15) is 29.7 Å². The summed E-state index contributed by atoms with van der Waals surface area (Å²) < 4.78 is 16.7. The largest absolute Gasteiger partial charge is 0.460 e. The van der Waals surface area contributed by atoms with Crippen LogP contribution in [-0.4, -0.2) is 70.6 Å². The molecule has 0 fully saturated rings. The number of carbonyl (C=O) groups excluding carboxylic acids is 4. The van der Waals surface area contributed by atoms with Gasteiger partial charge in [0.05, 0.1) is 23.3 Å². The molecule has 2 aromatic carbocycles. The molecule has 5 atom stereocenters. The molecule has 0 saturated heterocycles. The predicted octanol–water partition coefficient (Wildman–Crippen LogP) is 4.16. The van der Waals surface area contributed by atoms with Gasteiger partial charge in [-0.05, 0) is 82.3 Å². The third-order valence-electron chi connectivity index (χ3n) is 8.60. The van der Waals surface area contributed by atoms with Crippen LogP contribution >= 0.6 is 23.4 Å². The second-order valence-corrected chi connectivity index (χ2v) is 14.8. The first-order valence-corrected chi connectivity index (χ1v) is 19.5. The molecule has 18 heteroatoms. The molecule has 0 aliphatic rings. The van der Waals surface area contributed by atoms with Gasteiger partial charge in [-0.1, -0.05) is 47.6 Å². The standard InChI is InChI=1S/C40H44ClN9O7S/c1-21(44)35(51)47-23(3)39(53)56-19-30(57-40(54)24(4)48-36(52)22(2)45)7-5-6-25-8-10-26(11-9-25)33-31(16-42)34(46)50-38(32(33)17-43)58-20-29-18-55-37(49-29)27-12-14-28(41)15-13-27/h8-15,18,21-24,30H,5-7,19-20,44-45H2,1-4H3,(H2,46,50)(H,47,51)(H,48,52). The minimum absolute atomic E-state index is 0.0245. The van der Waals surface area contributed by atoms with Crippen LogP contribution in [0.4, 0.5) is 5.82 Å². The van der Waals surface area contributed by atoms with Crippen LogP contribution in [0.5, 0.6) is 0 Å². The normalized spacial score (nSPS) is 13.5. The highest BCUT2D eigenvalue weighted by Crippen LogP contribution is 2.37. The van der Waals surface area contributed by atoms with Crippen molar-refractivity contribution < 1.29 is 33.1 Å². The fourth-order valence-electron chi connectivity index (χ4n) is 5.35. The molecule has 16 nitrogen and oxygen atoms in total. The summed E-state index contributed by atoms with van der Waals surface area (Å²) in [5, 5.41) is 26.2. The zero-order valence-corrected chi connectivity index (χ0v) is 33.9. The summed E-state index contributed by atoms with van der Waals surface area (Å²) >= 11 is 7.22. The molecule has 0 radical (unpaired) electrons. The van der Waals surface area contributed by atoms with Gasteiger partial charge in [-0.25, -0.2) is 19.6 Å². The number of nitrogen functional groups attached to an aromatic ring is 1. The van der Waals surface area contributed by atoms with E-state index in [1.807, 2.05) is 12.1 Å². The number of hydrogen-bond acceptors (Lipinski definition) is 15. The Balaban J connectivity index is 1.46. The molecule has 0 spiro atoms. The van der Waals surface area contributed by atoms with Crippen molar-refractivity contribution in [1.29, 1.82) is 10.5 Å². The first-order chi connectivity index (χ1) is 27.6. The van der Waals surface area contributed by atoms with Gasteiger partial charge in [0, 0.05) is 21.9 Å². The Kier molecular flexibility index (Phi) is 16.2. The summed E-state index contributed by atoms with van der Waals surface area (Å²) in [7, 11) is 0. The molecule has 5 unspecified atom stereocenters. The summed E-state index contributed by atoms with van der Waals surface area (Å²) in [5.74, 6) is -1.89. The molecule has 4 rings (SSSR count). The third-order valence-corrected chi connectivity index (χ3v) is 9.86. The highest BCUT2D eigenvalue weighted by atomic mass is 35.5. The molecular formula is C40H44ClN9O7S. The second kappa shape index (κ2) is 21.0. The van der Waals surface area contributed by atoms with Crippen molar-refractivity contribution in [2.45, 2.75) is 88.0 Å². The maximum absolute atomic E-state index is 12.9. The van der Waals surface area contributed by atoms with Crippen molar-refractivity contribution in [3.63, 3.8) is 0 Å². The number of nitrogens with one attached hydrogen (secondary N) is 2. The minimum Gasteiger partial charge on any atom is -0.460 e. The maximum Gasteiger partial charge on any atom is 0.328 e. The third kappa shape index (κ3) is 12.3. The molecule has 2 heterocycles. The van der Waals surface area contributed by atoms with Crippen molar-refractivity contribution in [2.75, 3.05) is 12.3 Å². The number of ether oxygens (including phenoxy) is 2. The lowest BCUT2D eigenvalue weighted by Gasteiger charge is -2.22. The fraction of sp³-hybridized carbons (Fsp3) is 0.350. The Bertz CT molecular complexity index is 2180. The van der Waals surface area contributed by atoms with E-state index >= 15 is 0 Å². The molecule has 4 aromatic rings. The van der Waals surface area contributed by atoms with Gasteiger partial charge in [-0.15, -0.1) is 0 Å². The Hall–Kier alpha value is -5.98. The van der Waals surface area contributed by atoms with Crippen LogP contribution in [0, 0.1) is 22.7 Å². The predicted molar refractivity (Wildman–Crippen MR) is 216 cm³/mol. The lowest BCUT2D eigenvalue weighted by molar-refractivity contribution is -0.162. The summed E-state index contributed by atoms with van der Waals surface area (Å²) in [6, 6.07) is 14.9. The van der Waals surface area contributed by atoms with Crippen LogP contribution in [-0.2, 0) is 40.8 Å². The number of halogens is 1. The van der Waals surface area contributed by atoms with E-state index in [-0.39, 0.29) is 30.0 Å². The SMILES string of the molecule is CC(N)C(=O)NC(C)C(=O)OCC(CCCc1ccc(-c2c(C#N)c(N)nc(SCc3coc(-c4ccc(Cl)cc4)n3)c2C#N)cc1)OC(=O)C(C)NC(=O)C(C)N. The quantitative estimate of drug-likeness (QED) is 0.0696. The number of hydrogen-bond donors (Lipinski definition) is 5. The molecule has 0 aliphatic carbocycles. The van der Waals surface area contributed by atoms with E-state index in [0.29, 0.717) is 51.4 Å². The van der Waals surface area contributed by atoms with Crippen LogP contribution < -0.4 is 27.8 Å². The summed E-state index contributed by atoms with van der Waals surface area (Å²) in [5.41, 5.74) is 20.8. The summed E-state index contributed by atoms with van der Waals surface area (Å²) in [4.78, 5) is 58.4. The molecule has 8 N–H and O–H groups in total. The number of nitrogens with two attached hydrogens (primary N) is 3. The number of benzene rings is 2. The average Bonchev–Trinajstić information content (AvgIpc) is 3.68. The molecule has 58 heavy (non-hydrogen) atoms. The van der Waals surface area contributed by atoms with E-state index in [4.69, 9.17) is 42.7 Å². The van der Waals surface area contributed by atoms with Gasteiger partial charge < -0.3 is 41.7 Å². The van der Waals surface area contributed by atoms with Gasteiger partial charge >= 0.3 is 11.9 Å². The van der Waals surface area contributed by atoms with E-state index in [2.05, 4.69) is 32.7 Å². The van der Waals surface area contributed by atoms with Crippen LogP contribution in [0.1, 0.15) is 62.9 Å². The smallest absolute Gasteiger partial charge is 0.328 e. The molecule has 2 aromatic heterocycles. The van der Waals surface area contributed by atoms with Crippen LogP contribution in [0.15, 0.2) is 64.2 Å². The fourth-order valence-corrected chi connectivity index (χ4v) is 6.35. The van der Waals surface area contributed by atoms with Crippen LogP contribution in [0.3, 0.4) is 0 Å². The lowest BCUT2D eigenvalue weighted by Crippen LogP contribution is -2.48. The van der Waals surface area contributed by atoms with Crippen LogP contribution in [0.25, 0.3) is 22.6 Å². The number of oxazole rings is 1. The highest BCUT2D eigenvalue weighted by molar-refractivity contribution is 7.98. The Labute approximate surface area is 344 Å². The molecule has 0 aliphatic heterocycles. The van der Waals surface area contributed by atoms with Gasteiger partial charge in [0.1, 0.15) is 59.6 Å². The van der Waals surface area contributed by atoms with Crippen LogP contribution in [0.2, 0.25) is 5.02 Å². The van der Waals surface area contributed by atoms with Gasteiger partial charge in [0.15, 0.2) is 0 Å². The molecular weight excluding hydrogens is 786 g/mol. The Morgan fingerprint density at radius 2 is 1.45 bits per heavy atom. The van der Waals surface area contributed by atoms with E-state index in [1.54, 1.807) is 36.4 Å². The number of pyridine rings is 1. The molecule has 0 bridgehead atoms. The van der Waals surface area contributed by atoms with Gasteiger partial charge in [0.25, 0.3) is 0 Å². The number of thioether (sulfide) groups is 1. The number of nitriles is 2. The number of esters is 2. The number of amides is 2. The highest BCUT2D eigenvalue weighted by Gasteiger charge is 2.26. The average molecular weight is 830 g/mol. The van der Waals surface area contributed by atoms with Crippen molar-refractivity contribution in [1.82, 2.24) is 20.6 Å². The number of aryl methyl sites for hydroxylation is 1. The van der Waals surface area contributed by atoms with E-state index in [0.717, 1.165) is 11.1 Å². The zero-order chi connectivity index (χ0) is 42.5. The number of carbonyl (C=O) groups is 4. The number of rotatable bonds is 18.